The van der Waals surface area contributed by atoms with E-state index >= 15 is 0 Å². The summed E-state index contributed by atoms with van der Waals surface area (Å²) < 4.78 is 27.2. The molecule has 0 radical (unpaired) electrons. The quantitative estimate of drug-likeness (QED) is 0.526. The Labute approximate surface area is 181 Å². The van der Waals surface area contributed by atoms with Crippen molar-refractivity contribution < 1.29 is 18.0 Å². The third-order valence-corrected chi connectivity index (χ3v) is 6.01. The molecule has 0 aliphatic carbocycles. The molecule has 160 valence electrons. The average molecular weight is 438 g/mol. The van der Waals surface area contributed by atoms with Gasteiger partial charge in [0.2, 0.25) is 5.91 Å². The Morgan fingerprint density at radius 3 is 2.03 bits per heavy atom. The van der Waals surface area contributed by atoms with Crippen LogP contribution in [0.2, 0.25) is 0 Å². The van der Waals surface area contributed by atoms with Crippen LogP contribution in [0.5, 0.6) is 0 Å². The first-order valence-corrected chi connectivity index (χ1v) is 11.1. The lowest BCUT2D eigenvalue weighted by molar-refractivity contribution is -0.115. The molecule has 31 heavy (non-hydrogen) atoms. The molecule has 0 aliphatic heterocycles. The predicted octanol–water partition coefficient (Wildman–Crippen LogP) is 3.47. The van der Waals surface area contributed by atoms with Crippen molar-refractivity contribution in [2.24, 2.45) is 0 Å². The highest BCUT2D eigenvalue weighted by Gasteiger charge is 2.14. The maximum absolute atomic E-state index is 12.4. The van der Waals surface area contributed by atoms with Crippen molar-refractivity contribution in [3.63, 3.8) is 0 Å². The van der Waals surface area contributed by atoms with Crippen LogP contribution in [0.25, 0.3) is 0 Å². The molecule has 3 aromatic rings. The Hall–Kier alpha value is -3.65. The summed E-state index contributed by atoms with van der Waals surface area (Å²) in [4.78, 5) is 24.7. The lowest BCUT2D eigenvalue weighted by atomic mass is 10.1. The molecular formula is C23H23N3O4S. The van der Waals surface area contributed by atoms with Gasteiger partial charge < -0.3 is 10.6 Å². The number of aryl methyl sites for hydroxylation is 2. The molecule has 0 bridgehead atoms. The first-order valence-electron chi connectivity index (χ1n) is 9.58. The van der Waals surface area contributed by atoms with Gasteiger partial charge in [-0.2, -0.15) is 0 Å². The molecule has 3 rings (SSSR count). The fourth-order valence-electron chi connectivity index (χ4n) is 2.96. The topological polar surface area (TPSA) is 104 Å². The Kier molecular flexibility index (Phi) is 6.71. The summed E-state index contributed by atoms with van der Waals surface area (Å²) in [6.45, 7) is 3.61. The SMILES string of the molecule is Cc1cccc(C)c1NC(=O)CNC(=O)c1ccc(NS(=O)(=O)c2ccccc2)cc1. The highest BCUT2D eigenvalue weighted by Crippen LogP contribution is 2.19. The second-order valence-electron chi connectivity index (χ2n) is 6.99. The summed E-state index contributed by atoms with van der Waals surface area (Å²) >= 11 is 0. The monoisotopic (exact) mass is 437 g/mol. The van der Waals surface area contributed by atoms with Crippen LogP contribution in [0.1, 0.15) is 21.5 Å². The maximum atomic E-state index is 12.4. The third-order valence-electron chi connectivity index (χ3n) is 4.61. The summed E-state index contributed by atoms with van der Waals surface area (Å²) in [6, 6.07) is 19.7. The van der Waals surface area contributed by atoms with E-state index in [2.05, 4.69) is 15.4 Å². The largest absolute Gasteiger partial charge is 0.343 e. The molecule has 0 unspecified atom stereocenters. The number of benzene rings is 3. The summed E-state index contributed by atoms with van der Waals surface area (Å²) in [6.07, 6.45) is 0. The Balaban J connectivity index is 1.57. The van der Waals surface area contributed by atoms with Crippen LogP contribution in [0.4, 0.5) is 11.4 Å². The molecule has 8 heteroatoms. The van der Waals surface area contributed by atoms with Gasteiger partial charge in [0.1, 0.15) is 0 Å². The number of amides is 2. The van der Waals surface area contributed by atoms with Crippen molar-refractivity contribution in [3.05, 3.63) is 89.5 Å². The van der Waals surface area contributed by atoms with Gasteiger partial charge in [-0.1, -0.05) is 36.4 Å². The maximum Gasteiger partial charge on any atom is 0.261 e. The first kappa shape index (κ1) is 22.0. The van der Waals surface area contributed by atoms with Gasteiger partial charge in [-0.15, -0.1) is 0 Å². The standard InChI is InChI=1S/C23H23N3O4S/c1-16-7-6-8-17(2)22(16)25-21(27)15-24-23(28)18-11-13-19(14-12-18)26-31(29,30)20-9-4-3-5-10-20/h3-14,26H,15H2,1-2H3,(H,24,28)(H,25,27). The van der Waals surface area contributed by atoms with E-state index < -0.39 is 15.9 Å². The number of nitrogens with one attached hydrogen (secondary N) is 3. The smallest absolute Gasteiger partial charge is 0.261 e. The van der Waals surface area contributed by atoms with Crippen LogP contribution >= 0.6 is 0 Å². The summed E-state index contributed by atoms with van der Waals surface area (Å²) in [5.74, 6) is -0.771. The fraction of sp³-hybridized carbons (Fsp3) is 0.130. The molecular weight excluding hydrogens is 414 g/mol. The lowest BCUT2D eigenvalue weighted by Crippen LogP contribution is -2.33. The van der Waals surface area contributed by atoms with Crippen LogP contribution in [-0.4, -0.2) is 26.8 Å². The van der Waals surface area contributed by atoms with Crippen LogP contribution in [0, 0.1) is 13.8 Å². The zero-order valence-electron chi connectivity index (χ0n) is 17.2. The molecule has 2 amide bonds. The number of sulfonamides is 1. The van der Waals surface area contributed by atoms with E-state index in [0.717, 1.165) is 16.8 Å². The first-order chi connectivity index (χ1) is 14.8. The van der Waals surface area contributed by atoms with Gasteiger partial charge in [0, 0.05) is 16.9 Å². The van der Waals surface area contributed by atoms with E-state index in [4.69, 9.17) is 0 Å². The molecule has 0 atom stereocenters. The average Bonchev–Trinajstić information content (AvgIpc) is 2.75. The normalized spacial score (nSPS) is 10.9. The van der Waals surface area contributed by atoms with E-state index in [1.54, 1.807) is 18.2 Å². The van der Waals surface area contributed by atoms with Crippen molar-refractivity contribution in [2.45, 2.75) is 18.7 Å². The molecule has 0 saturated heterocycles. The van der Waals surface area contributed by atoms with Crippen molar-refractivity contribution in [3.8, 4) is 0 Å². The van der Waals surface area contributed by atoms with Gasteiger partial charge in [-0.05, 0) is 61.4 Å². The van der Waals surface area contributed by atoms with Crippen molar-refractivity contribution in [2.75, 3.05) is 16.6 Å². The third kappa shape index (κ3) is 5.70. The van der Waals surface area contributed by atoms with Crippen LogP contribution in [-0.2, 0) is 14.8 Å². The van der Waals surface area contributed by atoms with Crippen LogP contribution in [0.3, 0.4) is 0 Å². The molecule has 0 saturated carbocycles. The summed E-state index contributed by atoms with van der Waals surface area (Å²) in [5.41, 5.74) is 3.24. The van der Waals surface area contributed by atoms with E-state index in [1.165, 1.54) is 36.4 Å². The van der Waals surface area contributed by atoms with Crippen molar-refractivity contribution in [1.82, 2.24) is 5.32 Å². The molecule has 0 aromatic heterocycles. The molecule has 3 aromatic carbocycles. The molecule has 0 aliphatic rings. The number of carbonyl (C=O) groups excluding carboxylic acids is 2. The Morgan fingerprint density at radius 2 is 1.42 bits per heavy atom. The van der Waals surface area contributed by atoms with Crippen LogP contribution in [0.15, 0.2) is 77.7 Å². The van der Waals surface area contributed by atoms with Crippen molar-refractivity contribution >= 4 is 33.2 Å². The lowest BCUT2D eigenvalue weighted by Gasteiger charge is -2.12. The van der Waals surface area contributed by atoms with E-state index in [0.29, 0.717) is 11.3 Å². The highest BCUT2D eigenvalue weighted by molar-refractivity contribution is 7.92. The van der Waals surface area contributed by atoms with Gasteiger partial charge >= 0.3 is 0 Å². The second-order valence-corrected chi connectivity index (χ2v) is 8.68. The van der Waals surface area contributed by atoms with Gasteiger partial charge in [0.25, 0.3) is 15.9 Å². The molecule has 3 N–H and O–H groups in total. The van der Waals surface area contributed by atoms with E-state index in [-0.39, 0.29) is 17.3 Å². The number of rotatable bonds is 7. The minimum Gasteiger partial charge on any atom is -0.343 e. The number of anilines is 2. The molecule has 0 spiro atoms. The molecule has 0 fully saturated rings. The van der Waals surface area contributed by atoms with E-state index in [9.17, 15) is 18.0 Å². The zero-order chi connectivity index (χ0) is 22.4. The second kappa shape index (κ2) is 9.44. The predicted molar refractivity (Wildman–Crippen MR) is 121 cm³/mol. The van der Waals surface area contributed by atoms with E-state index in [1.807, 2.05) is 32.0 Å². The zero-order valence-corrected chi connectivity index (χ0v) is 18.0. The minimum atomic E-state index is -3.71. The molecule has 7 nitrogen and oxygen atoms in total. The number of hydrogen-bond acceptors (Lipinski definition) is 4. The fourth-order valence-corrected chi connectivity index (χ4v) is 4.04. The molecule has 0 heterocycles. The summed E-state index contributed by atoms with van der Waals surface area (Å²) in [5, 5.41) is 5.37. The Bertz CT molecular complexity index is 1170. The van der Waals surface area contributed by atoms with Crippen molar-refractivity contribution in [1.29, 1.82) is 0 Å². The Morgan fingerprint density at radius 1 is 0.806 bits per heavy atom. The summed E-state index contributed by atoms with van der Waals surface area (Å²) in [7, 11) is -3.71. The van der Waals surface area contributed by atoms with Crippen LogP contribution < -0.4 is 15.4 Å². The van der Waals surface area contributed by atoms with Gasteiger partial charge in [0.05, 0.1) is 11.4 Å². The van der Waals surface area contributed by atoms with Gasteiger partial charge in [0.15, 0.2) is 0 Å². The van der Waals surface area contributed by atoms with Gasteiger partial charge in [-0.3, -0.25) is 14.3 Å². The van der Waals surface area contributed by atoms with Gasteiger partial charge in [-0.25, -0.2) is 8.42 Å². The highest BCUT2D eigenvalue weighted by atomic mass is 32.2. The minimum absolute atomic E-state index is 0.145. The number of hydrogen-bond donors (Lipinski definition) is 3. The number of carbonyl (C=O) groups is 2. The number of para-hydroxylation sites is 1.